The van der Waals surface area contributed by atoms with E-state index in [0.717, 1.165) is 6.42 Å². The number of allylic oxidation sites excluding steroid dienone is 2. The second-order valence-corrected chi connectivity index (χ2v) is 9.50. The summed E-state index contributed by atoms with van der Waals surface area (Å²) in [5.74, 6) is -0.0738. The number of benzene rings is 1. The van der Waals surface area contributed by atoms with Gasteiger partial charge in [-0.15, -0.1) is 0 Å². The van der Waals surface area contributed by atoms with Gasteiger partial charge in [-0.25, -0.2) is 8.42 Å². The quantitative estimate of drug-likeness (QED) is 0.818. The summed E-state index contributed by atoms with van der Waals surface area (Å²) in [5, 5.41) is 2.79. The molecule has 152 valence electrons. The zero-order chi connectivity index (χ0) is 20.6. The topological polar surface area (TPSA) is 99.2 Å². The number of aliphatic imine (C=N–C) groups is 1. The molecule has 3 aliphatic rings. The van der Waals surface area contributed by atoms with Crippen LogP contribution >= 0.6 is 0 Å². The van der Waals surface area contributed by atoms with Crippen LogP contribution in [-0.4, -0.2) is 48.8 Å². The van der Waals surface area contributed by atoms with Gasteiger partial charge in [0.05, 0.1) is 17.9 Å². The zero-order valence-electron chi connectivity index (χ0n) is 16.0. The SMILES string of the molecule is C[C@@]1(C(=O)Nc2cccc(N3CCCCS3(=O)=O)c2)CC(=O)N2C=CC=CC2=N1. The molecule has 0 aromatic heterocycles. The number of sulfonamides is 1. The van der Waals surface area contributed by atoms with Crippen LogP contribution in [0.3, 0.4) is 0 Å². The Bertz CT molecular complexity index is 1060. The molecule has 29 heavy (non-hydrogen) atoms. The van der Waals surface area contributed by atoms with Gasteiger partial charge in [0.15, 0.2) is 0 Å². The molecule has 0 bridgehead atoms. The highest BCUT2D eigenvalue weighted by molar-refractivity contribution is 7.92. The van der Waals surface area contributed by atoms with Crippen LogP contribution < -0.4 is 9.62 Å². The molecule has 1 aromatic carbocycles. The minimum atomic E-state index is -3.34. The van der Waals surface area contributed by atoms with Crippen LogP contribution in [-0.2, 0) is 19.6 Å². The summed E-state index contributed by atoms with van der Waals surface area (Å²) in [5.41, 5.74) is -0.264. The second kappa shape index (κ2) is 7.14. The Labute approximate surface area is 169 Å². The van der Waals surface area contributed by atoms with Gasteiger partial charge in [0.2, 0.25) is 15.9 Å². The summed E-state index contributed by atoms with van der Waals surface area (Å²) in [6.45, 7) is 2.05. The normalized spacial score (nSPS) is 25.4. The molecule has 0 unspecified atom stereocenters. The molecule has 0 saturated carbocycles. The number of anilines is 2. The number of amides is 2. The first-order valence-corrected chi connectivity index (χ1v) is 11.1. The molecule has 4 rings (SSSR count). The Balaban J connectivity index is 1.57. The third-order valence-electron chi connectivity index (χ3n) is 5.19. The molecule has 1 fully saturated rings. The van der Waals surface area contributed by atoms with E-state index in [4.69, 9.17) is 0 Å². The van der Waals surface area contributed by atoms with E-state index in [1.54, 1.807) is 55.6 Å². The lowest BCUT2D eigenvalue weighted by Gasteiger charge is -2.34. The van der Waals surface area contributed by atoms with E-state index in [9.17, 15) is 18.0 Å². The molecular formula is C20H22N4O4S. The molecule has 2 amide bonds. The third kappa shape index (κ3) is 3.69. The Kier molecular flexibility index (Phi) is 4.77. The van der Waals surface area contributed by atoms with Crippen molar-refractivity contribution < 1.29 is 18.0 Å². The van der Waals surface area contributed by atoms with Crippen molar-refractivity contribution in [2.75, 3.05) is 21.9 Å². The van der Waals surface area contributed by atoms with Gasteiger partial charge in [-0.1, -0.05) is 12.1 Å². The van der Waals surface area contributed by atoms with E-state index in [0.29, 0.717) is 30.2 Å². The van der Waals surface area contributed by atoms with Crippen molar-refractivity contribution in [3.05, 3.63) is 48.7 Å². The molecule has 1 saturated heterocycles. The van der Waals surface area contributed by atoms with Crippen molar-refractivity contribution >= 4 is 39.0 Å². The monoisotopic (exact) mass is 414 g/mol. The van der Waals surface area contributed by atoms with Crippen LogP contribution in [0.25, 0.3) is 0 Å². The van der Waals surface area contributed by atoms with Crippen LogP contribution in [0.1, 0.15) is 26.2 Å². The van der Waals surface area contributed by atoms with Crippen molar-refractivity contribution in [2.45, 2.75) is 31.7 Å². The average Bonchev–Trinajstić information content (AvgIpc) is 2.68. The summed E-state index contributed by atoms with van der Waals surface area (Å²) >= 11 is 0. The third-order valence-corrected chi connectivity index (χ3v) is 7.06. The van der Waals surface area contributed by atoms with E-state index < -0.39 is 21.5 Å². The van der Waals surface area contributed by atoms with Crippen molar-refractivity contribution in [2.24, 2.45) is 4.99 Å². The van der Waals surface area contributed by atoms with Crippen LogP contribution in [0.4, 0.5) is 11.4 Å². The number of rotatable bonds is 3. The van der Waals surface area contributed by atoms with Gasteiger partial charge in [0.25, 0.3) is 5.91 Å². The standard InChI is InChI=1S/C20H22N4O4S/c1-20(14-18(25)23-10-3-2-9-17(23)22-20)19(26)21-15-7-6-8-16(13-15)24-11-4-5-12-29(24,27)28/h2-3,6-10,13H,4-5,11-12,14H2,1H3,(H,21,26)/t20-/m0/s1. The first kappa shape index (κ1) is 19.4. The molecule has 3 aliphatic heterocycles. The maximum atomic E-state index is 13.0. The number of carbonyl (C=O) groups is 2. The smallest absolute Gasteiger partial charge is 0.252 e. The van der Waals surface area contributed by atoms with Gasteiger partial charge in [-0.2, -0.15) is 0 Å². The summed E-state index contributed by atoms with van der Waals surface area (Å²) in [6.07, 6.45) is 8.20. The molecule has 0 radical (unpaired) electrons. The molecule has 1 aromatic rings. The fourth-order valence-electron chi connectivity index (χ4n) is 3.62. The maximum absolute atomic E-state index is 13.0. The van der Waals surface area contributed by atoms with Crippen molar-refractivity contribution in [1.29, 1.82) is 0 Å². The first-order chi connectivity index (χ1) is 13.8. The van der Waals surface area contributed by atoms with Crippen molar-refractivity contribution in [3.63, 3.8) is 0 Å². The van der Waals surface area contributed by atoms with Crippen molar-refractivity contribution in [3.8, 4) is 0 Å². The minimum absolute atomic E-state index is 0.0549. The van der Waals surface area contributed by atoms with Crippen LogP contribution in [0.15, 0.2) is 53.7 Å². The molecule has 9 heteroatoms. The predicted octanol–water partition coefficient (Wildman–Crippen LogP) is 2.03. The fourth-order valence-corrected chi connectivity index (χ4v) is 5.25. The molecule has 8 nitrogen and oxygen atoms in total. The molecule has 1 N–H and O–H groups in total. The first-order valence-electron chi connectivity index (χ1n) is 9.47. The van der Waals surface area contributed by atoms with Gasteiger partial charge in [-0.3, -0.25) is 23.8 Å². The second-order valence-electron chi connectivity index (χ2n) is 7.48. The number of carbonyl (C=O) groups excluding carboxylic acids is 2. The fraction of sp³-hybridized carbons (Fsp3) is 0.350. The van der Waals surface area contributed by atoms with E-state index >= 15 is 0 Å². The van der Waals surface area contributed by atoms with E-state index in [1.807, 2.05) is 0 Å². The Morgan fingerprint density at radius 2 is 2.07 bits per heavy atom. The van der Waals surface area contributed by atoms with Crippen LogP contribution in [0.2, 0.25) is 0 Å². The lowest BCUT2D eigenvalue weighted by molar-refractivity contribution is -0.132. The largest absolute Gasteiger partial charge is 0.324 e. The summed E-state index contributed by atoms with van der Waals surface area (Å²) in [7, 11) is -3.34. The van der Waals surface area contributed by atoms with E-state index in [2.05, 4.69) is 10.3 Å². The van der Waals surface area contributed by atoms with E-state index in [1.165, 1.54) is 9.21 Å². The molecule has 1 atom stereocenters. The predicted molar refractivity (Wildman–Crippen MR) is 111 cm³/mol. The lowest BCUT2D eigenvalue weighted by atomic mass is 9.94. The van der Waals surface area contributed by atoms with Crippen molar-refractivity contribution in [1.82, 2.24) is 4.90 Å². The summed E-state index contributed by atoms with van der Waals surface area (Å²) < 4.78 is 26.1. The summed E-state index contributed by atoms with van der Waals surface area (Å²) in [4.78, 5) is 31.3. The molecule has 3 heterocycles. The number of fused-ring (bicyclic) bond motifs is 1. The average molecular weight is 414 g/mol. The number of nitrogens with zero attached hydrogens (tertiary/aromatic N) is 3. The highest BCUT2D eigenvalue weighted by Crippen LogP contribution is 2.29. The maximum Gasteiger partial charge on any atom is 0.252 e. The Hall–Kier alpha value is -2.94. The van der Waals surface area contributed by atoms with Gasteiger partial charge in [-0.05, 0) is 50.1 Å². The van der Waals surface area contributed by atoms with E-state index in [-0.39, 0.29) is 18.1 Å². The molecular weight excluding hydrogens is 392 g/mol. The van der Waals surface area contributed by atoms with Gasteiger partial charge in [0.1, 0.15) is 11.4 Å². The Morgan fingerprint density at radius 1 is 1.24 bits per heavy atom. The highest BCUT2D eigenvalue weighted by Gasteiger charge is 2.41. The highest BCUT2D eigenvalue weighted by atomic mass is 32.2. The summed E-state index contributed by atoms with van der Waals surface area (Å²) in [6, 6.07) is 6.74. The lowest BCUT2D eigenvalue weighted by Crippen LogP contribution is -2.50. The minimum Gasteiger partial charge on any atom is -0.324 e. The molecule has 0 aliphatic carbocycles. The number of amidine groups is 1. The molecule has 0 spiro atoms. The van der Waals surface area contributed by atoms with Gasteiger partial charge in [0, 0.05) is 18.4 Å². The Morgan fingerprint density at radius 3 is 2.86 bits per heavy atom. The number of hydrogen-bond acceptors (Lipinski definition) is 5. The van der Waals surface area contributed by atoms with Gasteiger partial charge < -0.3 is 5.32 Å². The number of nitrogens with one attached hydrogen (secondary N) is 1. The zero-order valence-corrected chi connectivity index (χ0v) is 16.9. The van der Waals surface area contributed by atoms with Crippen LogP contribution in [0, 0.1) is 0 Å². The number of hydrogen-bond donors (Lipinski definition) is 1. The van der Waals surface area contributed by atoms with Gasteiger partial charge >= 0.3 is 0 Å². The van der Waals surface area contributed by atoms with Crippen LogP contribution in [0.5, 0.6) is 0 Å².